The summed E-state index contributed by atoms with van der Waals surface area (Å²) in [6, 6.07) is 21.4. The molecule has 0 aliphatic carbocycles. The lowest BCUT2D eigenvalue weighted by Gasteiger charge is -2.15. The highest BCUT2D eigenvalue weighted by Gasteiger charge is 2.18. The number of carbonyl (C=O) groups is 1. The van der Waals surface area contributed by atoms with Crippen LogP contribution < -0.4 is 11.2 Å². The Morgan fingerprint density at radius 3 is 2.33 bits per heavy atom. The summed E-state index contributed by atoms with van der Waals surface area (Å²) in [5.41, 5.74) is 2.47. The van der Waals surface area contributed by atoms with E-state index in [1.165, 1.54) is 11.7 Å². The molecule has 6 rings (SSSR count). The van der Waals surface area contributed by atoms with Crippen molar-refractivity contribution in [1.82, 2.24) is 38.9 Å². The maximum absolute atomic E-state index is 13.9. The van der Waals surface area contributed by atoms with Crippen LogP contribution in [0.4, 0.5) is 0 Å². The third kappa shape index (κ3) is 4.55. The number of hydrogen-bond donors (Lipinski definition) is 0. The lowest BCUT2D eigenvalue weighted by atomic mass is 10.1. The van der Waals surface area contributed by atoms with Crippen LogP contribution in [-0.2, 0) is 30.9 Å². The first-order chi connectivity index (χ1) is 19.5. The van der Waals surface area contributed by atoms with Crippen LogP contribution in [-0.4, -0.2) is 52.0 Å². The Bertz CT molecular complexity index is 1950. The second-order valence-electron chi connectivity index (χ2n) is 9.21. The lowest BCUT2D eigenvalue weighted by molar-refractivity contribution is 0.0600. The molecule has 3 heterocycles. The van der Waals surface area contributed by atoms with E-state index in [0.717, 1.165) is 11.0 Å². The smallest absolute Gasteiger partial charge is 0.337 e. The van der Waals surface area contributed by atoms with Gasteiger partial charge in [0, 0.05) is 6.54 Å². The van der Waals surface area contributed by atoms with Crippen LogP contribution in [0.15, 0.2) is 88.7 Å². The molecular weight excluding hydrogens is 512 g/mol. The third-order valence-corrected chi connectivity index (χ3v) is 6.83. The van der Waals surface area contributed by atoms with Gasteiger partial charge >= 0.3 is 11.7 Å². The van der Waals surface area contributed by atoms with Crippen molar-refractivity contribution in [2.75, 3.05) is 7.11 Å². The predicted octanol–water partition coefficient (Wildman–Crippen LogP) is 2.08. The number of carbonyl (C=O) groups excluding carboxylic acids is 1. The topological polar surface area (TPSA) is 132 Å². The standard InChI is InChI=1S/C28H24N8O4/c1-40-27(38)20-12-10-19(11-13-20)16-36-26(37)21-6-2-4-8-23(21)35(28(36)39)17-25-30-22-7-3-5-9-24(22)34(25)15-14-33-18-29-31-32-33/h2-13,18H,14-17H2,1H3. The zero-order valence-corrected chi connectivity index (χ0v) is 21.5. The van der Waals surface area contributed by atoms with Crippen LogP contribution >= 0.6 is 0 Å². The summed E-state index contributed by atoms with van der Waals surface area (Å²) < 4.78 is 11.2. The van der Waals surface area contributed by atoms with Crippen LogP contribution in [0.2, 0.25) is 0 Å². The third-order valence-electron chi connectivity index (χ3n) is 6.83. The van der Waals surface area contributed by atoms with Gasteiger partial charge in [0.2, 0.25) is 0 Å². The van der Waals surface area contributed by atoms with E-state index in [1.807, 2.05) is 28.8 Å². The summed E-state index contributed by atoms with van der Waals surface area (Å²) in [6.07, 6.45) is 1.55. The molecule has 12 heteroatoms. The Morgan fingerprint density at radius 1 is 0.825 bits per heavy atom. The van der Waals surface area contributed by atoms with E-state index in [4.69, 9.17) is 9.72 Å². The minimum Gasteiger partial charge on any atom is -0.465 e. The van der Waals surface area contributed by atoms with Gasteiger partial charge in [-0.2, -0.15) is 0 Å². The average molecular weight is 537 g/mol. The monoisotopic (exact) mass is 536 g/mol. The number of benzene rings is 3. The van der Waals surface area contributed by atoms with Crippen molar-refractivity contribution >= 4 is 27.9 Å². The first-order valence-corrected chi connectivity index (χ1v) is 12.6. The number of rotatable bonds is 8. The molecule has 0 unspecified atom stereocenters. The van der Waals surface area contributed by atoms with Gasteiger partial charge in [0.05, 0.1) is 54.2 Å². The molecule has 0 saturated carbocycles. The molecule has 0 N–H and O–H groups in total. The second kappa shape index (κ2) is 10.4. The fourth-order valence-electron chi connectivity index (χ4n) is 4.83. The first kappa shape index (κ1) is 24.9. The van der Waals surface area contributed by atoms with E-state index in [0.29, 0.717) is 40.9 Å². The number of esters is 1. The molecule has 0 fully saturated rings. The summed E-state index contributed by atoms with van der Waals surface area (Å²) in [7, 11) is 1.31. The molecule has 0 saturated heterocycles. The summed E-state index contributed by atoms with van der Waals surface area (Å²) in [5, 5.41) is 11.8. The molecule has 3 aromatic carbocycles. The molecule has 3 aromatic heterocycles. The Labute approximate surface area is 226 Å². The lowest BCUT2D eigenvalue weighted by Crippen LogP contribution is -2.40. The summed E-state index contributed by atoms with van der Waals surface area (Å²) in [5.74, 6) is 0.203. The SMILES string of the molecule is COC(=O)c1ccc(Cn2c(=O)c3ccccc3n(Cc3nc4ccccc4n3CCn3cnnn3)c2=O)cc1. The number of ether oxygens (including phenoxy) is 1. The molecule has 0 amide bonds. The highest BCUT2D eigenvalue weighted by atomic mass is 16.5. The molecule has 200 valence electrons. The minimum absolute atomic E-state index is 0.0413. The van der Waals surface area contributed by atoms with Crippen LogP contribution in [0, 0.1) is 0 Å². The molecule has 0 atom stereocenters. The number of hydrogen-bond acceptors (Lipinski definition) is 8. The first-order valence-electron chi connectivity index (χ1n) is 12.6. The normalized spacial score (nSPS) is 11.3. The number of tetrazole rings is 1. The van der Waals surface area contributed by atoms with E-state index in [9.17, 15) is 14.4 Å². The van der Waals surface area contributed by atoms with Crippen molar-refractivity contribution in [3.8, 4) is 0 Å². The predicted molar refractivity (Wildman–Crippen MR) is 146 cm³/mol. The quantitative estimate of drug-likeness (QED) is 0.270. The molecule has 12 nitrogen and oxygen atoms in total. The van der Waals surface area contributed by atoms with E-state index in [1.54, 1.807) is 64.1 Å². The van der Waals surface area contributed by atoms with Crippen LogP contribution in [0.1, 0.15) is 21.7 Å². The van der Waals surface area contributed by atoms with Crippen LogP contribution in [0.3, 0.4) is 0 Å². The number of aromatic nitrogens is 8. The van der Waals surface area contributed by atoms with Crippen molar-refractivity contribution in [3.63, 3.8) is 0 Å². The van der Waals surface area contributed by atoms with Crippen molar-refractivity contribution in [1.29, 1.82) is 0 Å². The van der Waals surface area contributed by atoms with Gasteiger partial charge in [-0.05, 0) is 52.4 Å². The second-order valence-corrected chi connectivity index (χ2v) is 9.21. The fraction of sp³-hybridized carbons (Fsp3) is 0.179. The molecule has 0 aliphatic rings. The molecule has 0 bridgehead atoms. The Hall–Kier alpha value is -5.39. The van der Waals surface area contributed by atoms with E-state index >= 15 is 0 Å². The van der Waals surface area contributed by atoms with Crippen molar-refractivity contribution in [3.05, 3.63) is 117 Å². The summed E-state index contributed by atoms with van der Waals surface area (Å²) in [6.45, 7) is 1.22. The van der Waals surface area contributed by atoms with Crippen LogP contribution in [0.5, 0.6) is 0 Å². The van der Waals surface area contributed by atoms with Gasteiger partial charge < -0.3 is 9.30 Å². The molecule has 6 aromatic rings. The van der Waals surface area contributed by atoms with Gasteiger partial charge in [-0.3, -0.25) is 13.9 Å². The van der Waals surface area contributed by atoms with Gasteiger partial charge in [-0.15, -0.1) is 5.10 Å². The number of methoxy groups -OCH3 is 1. The number of nitrogens with zero attached hydrogens (tertiary/aromatic N) is 8. The van der Waals surface area contributed by atoms with Gasteiger partial charge in [0.15, 0.2) is 0 Å². The largest absolute Gasteiger partial charge is 0.465 e. The van der Waals surface area contributed by atoms with Gasteiger partial charge in [-0.1, -0.05) is 36.4 Å². The van der Waals surface area contributed by atoms with E-state index in [-0.39, 0.29) is 18.6 Å². The molecular formula is C28H24N8O4. The van der Waals surface area contributed by atoms with Crippen molar-refractivity contribution in [2.24, 2.45) is 0 Å². The summed E-state index contributed by atoms with van der Waals surface area (Å²) in [4.78, 5) is 44.0. The molecule has 40 heavy (non-hydrogen) atoms. The van der Waals surface area contributed by atoms with E-state index in [2.05, 4.69) is 15.5 Å². The summed E-state index contributed by atoms with van der Waals surface area (Å²) >= 11 is 0. The Morgan fingerprint density at radius 2 is 1.57 bits per heavy atom. The zero-order chi connectivity index (χ0) is 27.6. The van der Waals surface area contributed by atoms with Crippen LogP contribution in [0.25, 0.3) is 21.9 Å². The maximum atomic E-state index is 13.9. The Kier molecular flexibility index (Phi) is 6.48. The number of para-hydroxylation sites is 3. The molecule has 0 spiro atoms. The molecule has 0 radical (unpaired) electrons. The van der Waals surface area contributed by atoms with Crippen molar-refractivity contribution < 1.29 is 9.53 Å². The van der Waals surface area contributed by atoms with Gasteiger partial charge in [-0.25, -0.2) is 19.3 Å². The Balaban J connectivity index is 1.44. The van der Waals surface area contributed by atoms with Gasteiger partial charge in [0.25, 0.3) is 5.56 Å². The number of imidazole rings is 1. The zero-order valence-electron chi connectivity index (χ0n) is 21.5. The highest BCUT2D eigenvalue weighted by Crippen LogP contribution is 2.18. The fourth-order valence-corrected chi connectivity index (χ4v) is 4.83. The minimum atomic E-state index is -0.459. The number of fused-ring (bicyclic) bond motifs is 2. The number of aryl methyl sites for hydroxylation is 2. The maximum Gasteiger partial charge on any atom is 0.337 e. The van der Waals surface area contributed by atoms with Crippen molar-refractivity contribution in [2.45, 2.75) is 26.2 Å². The highest BCUT2D eigenvalue weighted by molar-refractivity contribution is 5.89. The molecule has 0 aliphatic heterocycles. The van der Waals surface area contributed by atoms with E-state index < -0.39 is 11.7 Å². The van der Waals surface area contributed by atoms with Gasteiger partial charge in [0.1, 0.15) is 12.2 Å². The average Bonchev–Trinajstić information content (AvgIpc) is 3.64.